The van der Waals surface area contributed by atoms with E-state index < -0.39 is 28.5 Å². The van der Waals surface area contributed by atoms with Gasteiger partial charge in [-0.1, -0.05) is 59.6 Å². The average Bonchev–Trinajstić information content (AvgIpc) is 2.93. The normalized spacial score (nSPS) is 12.0. The van der Waals surface area contributed by atoms with Crippen molar-refractivity contribution in [3.8, 4) is 11.5 Å². The van der Waals surface area contributed by atoms with Gasteiger partial charge in [0.1, 0.15) is 12.6 Å². The summed E-state index contributed by atoms with van der Waals surface area (Å²) in [6.45, 7) is 2.99. The lowest BCUT2D eigenvalue weighted by atomic mass is 10.0. The number of nitrogens with zero attached hydrogens (tertiary/aromatic N) is 2. The van der Waals surface area contributed by atoms with E-state index in [-0.39, 0.29) is 30.6 Å². The number of sulfonamides is 1. The van der Waals surface area contributed by atoms with Crippen molar-refractivity contribution in [3.63, 3.8) is 0 Å². The van der Waals surface area contributed by atoms with Crippen LogP contribution in [0.5, 0.6) is 11.5 Å². The van der Waals surface area contributed by atoms with E-state index >= 15 is 0 Å². The molecule has 3 rings (SSSR count). The van der Waals surface area contributed by atoms with Gasteiger partial charge in [-0.3, -0.25) is 13.9 Å². The molecule has 0 radical (unpaired) electrons. The number of hydrogen-bond donors (Lipinski definition) is 1. The highest BCUT2D eigenvalue weighted by Crippen LogP contribution is 2.33. The van der Waals surface area contributed by atoms with Crippen LogP contribution in [0.15, 0.2) is 66.7 Å². The van der Waals surface area contributed by atoms with E-state index in [0.29, 0.717) is 27.1 Å². The topological polar surface area (TPSA) is 105 Å². The first-order valence-corrected chi connectivity index (χ1v) is 15.7. The molecule has 1 atom stereocenters. The van der Waals surface area contributed by atoms with Gasteiger partial charge in [-0.2, -0.15) is 0 Å². The summed E-state index contributed by atoms with van der Waals surface area (Å²) in [5.41, 5.74) is 1.56. The van der Waals surface area contributed by atoms with Crippen LogP contribution in [0.3, 0.4) is 0 Å². The van der Waals surface area contributed by atoms with E-state index in [1.165, 1.54) is 31.3 Å². The SMILES string of the molecule is COc1ccc(N(CC(=O)N(Cc2ccc(Cl)cc2Cl)C(Cc2ccccc2)C(=O)NC(C)C)S(C)(=O)=O)cc1OC. The van der Waals surface area contributed by atoms with Crippen molar-refractivity contribution >= 4 is 50.7 Å². The first-order valence-electron chi connectivity index (χ1n) is 13.1. The molecule has 1 N–H and O–H groups in total. The van der Waals surface area contributed by atoms with E-state index in [1.54, 1.807) is 24.3 Å². The summed E-state index contributed by atoms with van der Waals surface area (Å²) in [6, 6.07) is 17.5. The molecule has 3 aromatic carbocycles. The minimum atomic E-state index is -3.96. The largest absolute Gasteiger partial charge is 0.493 e. The van der Waals surface area contributed by atoms with E-state index in [0.717, 1.165) is 16.1 Å². The summed E-state index contributed by atoms with van der Waals surface area (Å²) in [5.74, 6) is -0.308. The first-order chi connectivity index (χ1) is 19.8. The molecule has 0 aliphatic rings. The van der Waals surface area contributed by atoms with Crippen LogP contribution in [0.25, 0.3) is 0 Å². The quantitative estimate of drug-likeness (QED) is 0.285. The van der Waals surface area contributed by atoms with Crippen molar-refractivity contribution < 1.29 is 27.5 Å². The minimum Gasteiger partial charge on any atom is -0.493 e. The van der Waals surface area contributed by atoms with Gasteiger partial charge in [-0.25, -0.2) is 8.42 Å². The second-order valence-corrected chi connectivity index (χ2v) is 12.7. The number of rotatable bonds is 13. The van der Waals surface area contributed by atoms with Gasteiger partial charge in [-0.05, 0) is 49.2 Å². The summed E-state index contributed by atoms with van der Waals surface area (Å²) in [6.07, 6.45) is 1.19. The van der Waals surface area contributed by atoms with Crippen LogP contribution >= 0.6 is 23.2 Å². The Morgan fingerprint density at radius 2 is 1.60 bits per heavy atom. The Labute approximate surface area is 257 Å². The third kappa shape index (κ3) is 8.77. The molecule has 0 bridgehead atoms. The standard InChI is InChI=1S/C30H35Cl2N3O6S/c1-20(2)33-30(37)26(15-21-9-7-6-8-10-21)34(18-22-11-12-23(31)16-25(22)32)29(36)19-35(42(5,38)39)24-13-14-27(40-3)28(17-24)41-4/h6-14,16-17,20,26H,15,18-19H2,1-5H3,(H,33,37). The lowest BCUT2D eigenvalue weighted by molar-refractivity contribution is -0.140. The van der Waals surface area contributed by atoms with Crippen molar-refractivity contribution in [3.05, 3.63) is 87.9 Å². The predicted molar refractivity (Wildman–Crippen MR) is 166 cm³/mol. The van der Waals surface area contributed by atoms with Crippen molar-refractivity contribution in [1.82, 2.24) is 10.2 Å². The molecule has 0 spiro atoms. The molecule has 0 fully saturated rings. The number of carbonyl (C=O) groups excluding carboxylic acids is 2. The monoisotopic (exact) mass is 635 g/mol. The highest BCUT2D eigenvalue weighted by Gasteiger charge is 2.34. The summed E-state index contributed by atoms with van der Waals surface area (Å²) in [7, 11) is -1.07. The molecular formula is C30H35Cl2N3O6S. The minimum absolute atomic E-state index is 0.0681. The van der Waals surface area contributed by atoms with E-state index in [1.807, 2.05) is 44.2 Å². The van der Waals surface area contributed by atoms with E-state index in [4.69, 9.17) is 32.7 Å². The zero-order valence-electron chi connectivity index (χ0n) is 24.1. The van der Waals surface area contributed by atoms with Gasteiger partial charge >= 0.3 is 0 Å². The van der Waals surface area contributed by atoms with Crippen LogP contribution in [-0.4, -0.2) is 64.2 Å². The van der Waals surface area contributed by atoms with Crippen LogP contribution < -0.4 is 19.1 Å². The molecule has 226 valence electrons. The Morgan fingerprint density at radius 3 is 2.17 bits per heavy atom. The van der Waals surface area contributed by atoms with Gasteiger partial charge in [-0.15, -0.1) is 0 Å². The first kappa shape index (κ1) is 33.0. The number of halogens is 2. The maximum absolute atomic E-state index is 14.2. The Morgan fingerprint density at radius 1 is 0.929 bits per heavy atom. The number of anilines is 1. The number of amides is 2. The second-order valence-electron chi connectivity index (χ2n) is 9.94. The fraction of sp³-hybridized carbons (Fsp3) is 0.333. The molecule has 0 aliphatic heterocycles. The number of hydrogen-bond acceptors (Lipinski definition) is 6. The molecule has 0 saturated carbocycles. The summed E-state index contributed by atoms with van der Waals surface area (Å²) >= 11 is 12.6. The molecular weight excluding hydrogens is 601 g/mol. The van der Waals surface area contributed by atoms with E-state index in [2.05, 4.69) is 5.32 Å². The lowest BCUT2D eigenvalue weighted by Gasteiger charge is -2.34. The average molecular weight is 637 g/mol. The fourth-order valence-corrected chi connectivity index (χ4v) is 5.67. The Hall–Kier alpha value is -3.47. The Kier molecular flexibility index (Phi) is 11.5. The molecule has 1 unspecified atom stereocenters. The van der Waals surface area contributed by atoms with Gasteiger partial charge < -0.3 is 19.7 Å². The number of carbonyl (C=O) groups is 2. The molecule has 0 heterocycles. The summed E-state index contributed by atoms with van der Waals surface area (Å²) < 4.78 is 37.6. The molecule has 12 heteroatoms. The van der Waals surface area contributed by atoms with Gasteiger partial charge in [0.2, 0.25) is 21.8 Å². The van der Waals surface area contributed by atoms with Gasteiger partial charge in [0, 0.05) is 35.1 Å². The van der Waals surface area contributed by atoms with Crippen molar-refractivity contribution in [1.29, 1.82) is 0 Å². The third-order valence-corrected chi connectivity index (χ3v) is 8.12. The second kappa shape index (κ2) is 14.6. The highest BCUT2D eigenvalue weighted by atomic mass is 35.5. The number of benzene rings is 3. The molecule has 42 heavy (non-hydrogen) atoms. The zero-order valence-corrected chi connectivity index (χ0v) is 26.5. The van der Waals surface area contributed by atoms with Crippen LogP contribution in [0.4, 0.5) is 5.69 Å². The third-order valence-electron chi connectivity index (χ3n) is 6.39. The van der Waals surface area contributed by atoms with E-state index in [9.17, 15) is 18.0 Å². The number of nitrogens with one attached hydrogen (secondary N) is 1. The van der Waals surface area contributed by atoms with Crippen molar-refractivity contribution in [2.45, 2.75) is 38.9 Å². The summed E-state index contributed by atoms with van der Waals surface area (Å²) in [4.78, 5) is 29.1. The Balaban J connectivity index is 2.10. The molecule has 0 aliphatic carbocycles. The van der Waals surface area contributed by atoms with Crippen LogP contribution in [0.2, 0.25) is 10.0 Å². The smallest absolute Gasteiger partial charge is 0.244 e. The predicted octanol–water partition coefficient (Wildman–Crippen LogP) is 4.94. The molecule has 9 nitrogen and oxygen atoms in total. The maximum atomic E-state index is 14.2. The van der Waals surface area contributed by atoms with Crippen molar-refractivity contribution in [2.75, 3.05) is 31.3 Å². The zero-order chi connectivity index (χ0) is 31.0. The Bertz CT molecular complexity index is 1500. The van der Waals surface area contributed by atoms with Gasteiger partial charge in [0.05, 0.1) is 26.2 Å². The fourth-order valence-electron chi connectivity index (χ4n) is 4.36. The molecule has 3 aromatic rings. The lowest BCUT2D eigenvalue weighted by Crippen LogP contribution is -2.54. The molecule has 2 amide bonds. The van der Waals surface area contributed by atoms with Crippen LogP contribution in [0, 0.1) is 0 Å². The van der Waals surface area contributed by atoms with Crippen LogP contribution in [0.1, 0.15) is 25.0 Å². The number of methoxy groups -OCH3 is 2. The maximum Gasteiger partial charge on any atom is 0.244 e. The van der Waals surface area contributed by atoms with Crippen molar-refractivity contribution in [2.24, 2.45) is 0 Å². The highest BCUT2D eigenvalue weighted by molar-refractivity contribution is 7.92. The molecule has 0 saturated heterocycles. The van der Waals surface area contributed by atoms with Gasteiger partial charge in [0.25, 0.3) is 0 Å². The molecule has 0 aromatic heterocycles. The van der Waals surface area contributed by atoms with Crippen LogP contribution in [-0.2, 0) is 32.6 Å². The number of ether oxygens (including phenoxy) is 2. The summed E-state index contributed by atoms with van der Waals surface area (Å²) in [5, 5.41) is 3.62. The van der Waals surface area contributed by atoms with Gasteiger partial charge in [0.15, 0.2) is 11.5 Å².